The lowest BCUT2D eigenvalue weighted by Gasteiger charge is -2.43. The first kappa shape index (κ1) is 23.9. The Labute approximate surface area is 166 Å². The zero-order valence-electron chi connectivity index (χ0n) is 19.7. The standard InChI is InChI=1S/C21H44N3PSi/c1-16(2)23(17(3)4)25-14-18(20(5,6)7)22-24(25)19(21(8,9)10)15-26(11,12)13/h15-17H,14H2,1-13H3/b19-15+. The molecule has 152 valence electrons. The minimum atomic E-state index is -1.37. The number of nitrogens with zero attached hydrogens (tertiary/aromatic N) is 3. The summed E-state index contributed by atoms with van der Waals surface area (Å²) in [6.45, 7) is 30.5. The monoisotopic (exact) mass is 397 g/mol. The van der Waals surface area contributed by atoms with E-state index in [-0.39, 0.29) is 10.8 Å². The number of hydrogen-bond donors (Lipinski definition) is 0. The van der Waals surface area contributed by atoms with Crippen molar-refractivity contribution in [2.45, 2.75) is 101 Å². The molecule has 0 spiro atoms. The van der Waals surface area contributed by atoms with Crippen LogP contribution in [-0.4, -0.2) is 41.5 Å². The summed E-state index contributed by atoms with van der Waals surface area (Å²) in [7, 11) is -1.86. The molecule has 0 aromatic carbocycles. The molecule has 0 bridgehead atoms. The minimum Gasteiger partial charge on any atom is -0.259 e. The maximum atomic E-state index is 5.27. The fourth-order valence-corrected chi connectivity index (χ4v) is 7.92. The van der Waals surface area contributed by atoms with Gasteiger partial charge in [-0.3, -0.25) is 4.67 Å². The molecule has 0 fully saturated rings. The van der Waals surface area contributed by atoms with E-state index in [0.717, 1.165) is 6.16 Å². The summed E-state index contributed by atoms with van der Waals surface area (Å²) in [5.74, 6) is 0. The van der Waals surface area contributed by atoms with Crippen molar-refractivity contribution in [3.8, 4) is 0 Å². The van der Waals surface area contributed by atoms with E-state index in [4.69, 9.17) is 5.10 Å². The van der Waals surface area contributed by atoms with E-state index in [1.54, 1.807) is 0 Å². The summed E-state index contributed by atoms with van der Waals surface area (Å²) in [4.78, 5) is 0. The van der Waals surface area contributed by atoms with Gasteiger partial charge in [0.25, 0.3) is 0 Å². The lowest BCUT2D eigenvalue weighted by Crippen LogP contribution is -2.38. The number of rotatable bonds is 5. The van der Waals surface area contributed by atoms with Gasteiger partial charge >= 0.3 is 0 Å². The molecule has 1 aliphatic rings. The highest BCUT2D eigenvalue weighted by atomic mass is 31.1. The van der Waals surface area contributed by atoms with E-state index in [1.807, 2.05) is 0 Å². The van der Waals surface area contributed by atoms with Gasteiger partial charge < -0.3 is 0 Å². The van der Waals surface area contributed by atoms with Gasteiger partial charge in [-0.05, 0) is 27.7 Å². The van der Waals surface area contributed by atoms with Crippen molar-refractivity contribution >= 4 is 22.0 Å². The van der Waals surface area contributed by atoms with Crippen molar-refractivity contribution in [1.29, 1.82) is 0 Å². The Morgan fingerprint density at radius 1 is 1.04 bits per heavy atom. The van der Waals surface area contributed by atoms with Gasteiger partial charge in [-0.25, -0.2) is 4.78 Å². The number of allylic oxidation sites excluding steroid dienone is 1. The average Bonchev–Trinajstić information content (AvgIpc) is 2.76. The quantitative estimate of drug-likeness (QED) is 0.369. The molecule has 0 saturated carbocycles. The highest BCUT2D eigenvalue weighted by Crippen LogP contribution is 2.57. The van der Waals surface area contributed by atoms with Crippen molar-refractivity contribution in [3.63, 3.8) is 0 Å². The molecular formula is C21H44N3PSi. The molecule has 1 unspecified atom stereocenters. The Hall–Kier alpha value is -0.183. The van der Waals surface area contributed by atoms with Crippen LogP contribution in [0.4, 0.5) is 0 Å². The molecule has 1 atom stereocenters. The third-order valence-electron chi connectivity index (χ3n) is 4.47. The van der Waals surface area contributed by atoms with Gasteiger partial charge in [0, 0.05) is 34.8 Å². The molecule has 5 heteroatoms. The van der Waals surface area contributed by atoms with Crippen molar-refractivity contribution in [2.75, 3.05) is 6.16 Å². The van der Waals surface area contributed by atoms with Crippen LogP contribution in [0.25, 0.3) is 0 Å². The Bertz CT molecular complexity index is 537. The largest absolute Gasteiger partial charge is 0.259 e. The van der Waals surface area contributed by atoms with Crippen LogP contribution in [0.3, 0.4) is 0 Å². The highest BCUT2D eigenvalue weighted by molar-refractivity contribution is 7.54. The zero-order chi connectivity index (χ0) is 20.7. The molecule has 1 rings (SSSR count). The van der Waals surface area contributed by atoms with Gasteiger partial charge in [0.15, 0.2) is 0 Å². The Morgan fingerprint density at radius 2 is 1.50 bits per heavy atom. The van der Waals surface area contributed by atoms with Crippen LogP contribution >= 0.6 is 8.22 Å². The normalized spacial score (nSPS) is 20.6. The van der Waals surface area contributed by atoms with Crippen LogP contribution < -0.4 is 0 Å². The van der Waals surface area contributed by atoms with E-state index in [2.05, 4.69) is 104 Å². The minimum absolute atomic E-state index is 0.0946. The molecule has 0 radical (unpaired) electrons. The van der Waals surface area contributed by atoms with Crippen LogP contribution in [-0.2, 0) is 0 Å². The van der Waals surface area contributed by atoms with E-state index in [1.165, 1.54) is 11.4 Å². The van der Waals surface area contributed by atoms with Gasteiger partial charge in [-0.15, -0.1) is 0 Å². The lowest BCUT2D eigenvalue weighted by molar-refractivity contribution is 0.296. The Morgan fingerprint density at radius 3 is 1.81 bits per heavy atom. The lowest BCUT2D eigenvalue weighted by atomic mass is 9.91. The van der Waals surface area contributed by atoms with E-state index < -0.39 is 16.3 Å². The molecular weight excluding hydrogens is 353 g/mol. The maximum absolute atomic E-state index is 5.27. The van der Waals surface area contributed by atoms with Gasteiger partial charge in [-0.2, -0.15) is 5.10 Å². The molecule has 0 aromatic heterocycles. The zero-order valence-corrected chi connectivity index (χ0v) is 21.6. The summed E-state index contributed by atoms with van der Waals surface area (Å²) in [6, 6.07) is 1.04. The summed E-state index contributed by atoms with van der Waals surface area (Å²) < 4.78 is 5.15. The highest BCUT2D eigenvalue weighted by Gasteiger charge is 2.42. The average molecular weight is 398 g/mol. The second-order valence-corrected chi connectivity index (χ2v) is 18.3. The smallest absolute Gasteiger partial charge is 0.0974 e. The summed E-state index contributed by atoms with van der Waals surface area (Å²) in [5.41, 5.74) is 5.57. The van der Waals surface area contributed by atoms with Crippen molar-refractivity contribution in [2.24, 2.45) is 15.9 Å². The predicted molar refractivity (Wildman–Crippen MR) is 124 cm³/mol. The molecule has 0 saturated heterocycles. The topological polar surface area (TPSA) is 18.8 Å². The van der Waals surface area contributed by atoms with E-state index >= 15 is 0 Å². The van der Waals surface area contributed by atoms with Crippen molar-refractivity contribution in [3.05, 3.63) is 11.4 Å². The van der Waals surface area contributed by atoms with E-state index in [0.29, 0.717) is 12.1 Å². The third kappa shape index (κ3) is 6.17. The molecule has 3 nitrogen and oxygen atoms in total. The second kappa shape index (κ2) is 8.05. The first-order valence-electron chi connectivity index (χ1n) is 10.1. The molecule has 0 N–H and O–H groups in total. The number of hydrogen-bond acceptors (Lipinski definition) is 3. The van der Waals surface area contributed by atoms with Crippen LogP contribution in [0.1, 0.15) is 69.2 Å². The molecule has 1 aliphatic heterocycles. The number of hydrazone groups is 1. The third-order valence-corrected chi connectivity index (χ3v) is 8.39. The fourth-order valence-electron chi connectivity index (χ4n) is 3.26. The molecule has 1 heterocycles. The van der Waals surface area contributed by atoms with Crippen molar-refractivity contribution in [1.82, 2.24) is 9.45 Å². The summed E-state index contributed by atoms with van der Waals surface area (Å²) >= 11 is 0. The van der Waals surface area contributed by atoms with Crippen LogP contribution in [0.15, 0.2) is 16.5 Å². The molecule has 0 aromatic rings. The summed E-state index contributed by atoms with van der Waals surface area (Å²) in [6.07, 6.45) is 1.09. The van der Waals surface area contributed by atoms with Gasteiger partial charge in [0.05, 0.1) is 22.0 Å². The second-order valence-electron chi connectivity index (χ2n) is 11.3. The molecule has 0 aliphatic carbocycles. The first-order valence-corrected chi connectivity index (χ1v) is 15.1. The SMILES string of the molecule is CC(C)N(C(C)C)P1CC(C(C)(C)C)=NN1/C(=C/[Si](C)(C)C)C(C)(C)C. The Kier molecular flexibility index (Phi) is 7.39. The van der Waals surface area contributed by atoms with Crippen LogP contribution in [0.2, 0.25) is 19.6 Å². The predicted octanol–water partition coefficient (Wildman–Crippen LogP) is 6.94. The van der Waals surface area contributed by atoms with Crippen LogP contribution in [0.5, 0.6) is 0 Å². The van der Waals surface area contributed by atoms with Crippen molar-refractivity contribution < 1.29 is 0 Å². The molecule has 26 heavy (non-hydrogen) atoms. The van der Waals surface area contributed by atoms with Gasteiger partial charge in [0.2, 0.25) is 0 Å². The van der Waals surface area contributed by atoms with Crippen LogP contribution in [0, 0.1) is 10.8 Å². The molecule has 0 amide bonds. The van der Waals surface area contributed by atoms with Gasteiger partial charge in [0.1, 0.15) is 0 Å². The maximum Gasteiger partial charge on any atom is 0.0974 e. The summed E-state index contributed by atoms with van der Waals surface area (Å²) in [5, 5.41) is 5.27. The Balaban J connectivity index is 3.54. The first-order chi connectivity index (χ1) is 11.4. The van der Waals surface area contributed by atoms with Gasteiger partial charge in [-0.1, -0.05) is 66.9 Å². The van der Waals surface area contributed by atoms with E-state index in [9.17, 15) is 0 Å². The fraction of sp³-hybridized carbons (Fsp3) is 0.857.